The molecule has 0 radical (unpaired) electrons. The lowest BCUT2D eigenvalue weighted by molar-refractivity contribution is -0.138. The van der Waals surface area contributed by atoms with E-state index in [2.05, 4.69) is 28.5 Å². The lowest BCUT2D eigenvalue weighted by Crippen LogP contribution is -2.07. The molecule has 0 spiro atoms. The lowest BCUT2D eigenvalue weighted by atomic mass is 10.1. The van der Waals surface area contributed by atoms with Crippen molar-refractivity contribution >= 4 is 5.97 Å². The fraction of sp³-hybridized carbons (Fsp3) is 0.615. The number of hydrogen-bond acceptors (Lipinski definition) is 4. The summed E-state index contributed by atoms with van der Waals surface area (Å²) in [4.78, 5) is 13.9. The van der Waals surface area contributed by atoms with Crippen LogP contribution < -0.4 is 0 Å². The van der Waals surface area contributed by atoms with Crippen molar-refractivity contribution in [2.24, 2.45) is 0 Å². The van der Waals surface area contributed by atoms with Crippen LogP contribution in [-0.4, -0.2) is 17.7 Å². The second-order valence-corrected chi connectivity index (χ2v) is 3.63. The van der Waals surface area contributed by atoms with Crippen LogP contribution in [0.1, 0.15) is 46.0 Å². The SMILES string of the molecule is CCCCCCC#C/C(O)=C(\[N+]#N)C(=O)OCC. The molecular formula is C13H19N2O3+. The van der Waals surface area contributed by atoms with Gasteiger partial charge >= 0.3 is 11.7 Å². The molecule has 1 N–H and O–H groups in total. The standard InChI is InChI=1S/C13H18N2O3/c1-3-5-6-7-8-9-10-11(16)12(15-14)13(17)18-4-2/h3-8H2,1-2H3/p+1. The van der Waals surface area contributed by atoms with E-state index in [4.69, 9.17) is 5.39 Å². The maximum atomic E-state index is 11.2. The van der Waals surface area contributed by atoms with Gasteiger partial charge in [0, 0.05) is 6.42 Å². The normalized spacial score (nSPS) is 10.7. The number of nitrogens with zero attached hydrogens (tertiary/aromatic N) is 2. The van der Waals surface area contributed by atoms with Crippen molar-refractivity contribution in [3.63, 3.8) is 0 Å². The molecule has 0 atom stereocenters. The van der Waals surface area contributed by atoms with E-state index in [1.807, 2.05) is 0 Å². The molecule has 0 aliphatic heterocycles. The number of rotatable bonds is 6. The smallest absolute Gasteiger partial charge is 0.495 e. The molecule has 0 aliphatic carbocycles. The van der Waals surface area contributed by atoms with E-state index in [1.165, 1.54) is 0 Å². The summed E-state index contributed by atoms with van der Waals surface area (Å²) in [6, 6.07) is 0. The molecule has 0 bridgehead atoms. The first-order chi connectivity index (χ1) is 8.67. The van der Waals surface area contributed by atoms with Gasteiger partial charge in [-0.1, -0.05) is 32.1 Å². The summed E-state index contributed by atoms with van der Waals surface area (Å²) in [5.74, 6) is 3.65. The van der Waals surface area contributed by atoms with Crippen LogP contribution in [0, 0.1) is 17.2 Å². The van der Waals surface area contributed by atoms with Crippen molar-refractivity contribution in [1.29, 1.82) is 5.39 Å². The third-order valence-electron chi connectivity index (χ3n) is 2.16. The second-order valence-electron chi connectivity index (χ2n) is 3.63. The van der Waals surface area contributed by atoms with E-state index in [1.54, 1.807) is 6.92 Å². The Morgan fingerprint density at radius 1 is 1.33 bits per heavy atom. The molecule has 5 heteroatoms. The van der Waals surface area contributed by atoms with Crippen molar-refractivity contribution in [2.45, 2.75) is 46.0 Å². The first kappa shape index (κ1) is 16.0. The Kier molecular flexibility index (Phi) is 9.03. The highest BCUT2D eigenvalue weighted by Crippen LogP contribution is 2.06. The number of unbranched alkanes of at least 4 members (excludes halogenated alkanes) is 4. The molecule has 0 heterocycles. The quantitative estimate of drug-likeness (QED) is 0.196. The molecule has 0 aromatic heterocycles. The van der Waals surface area contributed by atoms with E-state index >= 15 is 0 Å². The van der Waals surface area contributed by atoms with Gasteiger partial charge in [-0.2, -0.15) is 0 Å². The molecule has 5 nitrogen and oxygen atoms in total. The highest BCUT2D eigenvalue weighted by atomic mass is 16.5. The zero-order valence-corrected chi connectivity index (χ0v) is 10.9. The highest BCUT2D eigenvalue weighted by molar-refractivity contribution is 5.91. The van der Waals surface area contributed by atoms with Crippen LogP contribution in [-0.2, 0) is 9.53 Å². The Hall–Kier alpha value is -2.01. The molecule has 0 fully saturated rings. The van der Waals surface area contributed by atoms with Gasteiger partial charge in [-0.15, -0.1) is 0 Å². The zero-order valence-electron chi connectivity index (χ0n) is 10.9. The van der Waals surface area contributed by atoms with Crippen molar-refractivity contribution in [3.05, 3.63) is 16.4 Å². The van der Waals surface area contributed by atoms with E-state index in [9.17, 15) is 9.90 Å². The van der Waals surface area contributed by atoms with Gasteiger partial charge < -0.3 is 9.84 Å². The number of hydrogen-bond donors (Lipinski definition) is 1. The van der Waals surface area contributed by atoms with Gasteiger partial charge in [-0.05, 0) is 19.3 Å². The number of aliphatic hydroxyl groups excluding tert-OH is 1. The first-order valence-corrected chi connectivity index (χ1v) is 6.11. The maximum absolute atomic E-state index is 11.2. The molecule has 0 amide bonds. The highest BCUT2D eigenvalue weighted by Gasteiger charge is 2.29. The van der Waals surface area contributed by atoms with Gasteiger partial charge in [0.25, 0.3) is 5.76 Å². The number of diazo groups is 1. The summed E-state index contributed by atoms with van der Waals surface area (Å²) in [6.07, 6.45) is 4.97. The number of aliphatic hydroxyl groups is 1. The number of carbonyl (C=O) groups excluding carboxylic acids is 1. The van der Waals surface area contributed by atoms with Crippen molar-refractivity contribution in [1.82, 2.24) is 0 Å². The summed E-state index contributed by atoms with van der Waals surface area (Å²) >= 11 is 0. The number of ether oxygens (including phenoxy) is 1. The fourth-order valence-electron chi connectivity index (χ4n) is 1.23. The minimum atomic E-state index is -0.891. The number of esters is 1. The largest absolute Gasteiger partial charge is 0.518 e. The fourth-order valence-corrected chi connectivity index (χ4v) is 1.23. The van der Waals surface area contributed by atoms with Gasteiger partial charge in [0.05, 0.1) is 6.61 Å². The van der Waals surface area contributed by atoms with Crippen molar-refractivity contribution in [2.75, 3.05) is 6.61 Å². The Bertz CT molecular complexity index is 397. The average molecular weight is 251 g/mol. The topological polar surface area (TPSA) is 74.7 Å². The Morgan fingerprint density at radius 3 is 2.61 bits per heavy atom. The summed E-state index contributed by atoms with van der Waals surface area (Å²) in [7, 11) is 0. The third-order valence-corrected chi connectivity index (χ3v) is 2.16. The molecule has 0 saturated carbocycles. The molecule has 98 valence electrons. The van der Waals surface area contributed by atoms with Gasteiger partial charge in [0.2, 0.25) is 5.39 Å². The number of carbonyl (C=O) groups is 1. The zero-order chi connectivity index (χ0) is 13.8. The molecule has 0 saturated heterocycles. The molecule has 0 rings (SSSR count). The Morgan fingerprint density at radius 2 is 2.06 bits per heavy atom. The monoisotopic (exact) mass is 251 g/mol. The summed E-state index contributed by atoms with van der Waals surface area (Å²) < 4.78 is 4.60. The Labute approximate surface area is 107 Å². The van der Waals surface area contributed by atoms with Crippen molar-refractivity contribution in [3.8, 4) is 11.8 Å². The van der Waals surface area contributed by atoms with Gasteiger partial charge in [-0.25, -0.2) is 4.79 Å². The summed E-state index contributed by atoms with van der Waals surface area (Å²) in [6.45, 7) is 3.87. The minimum absolute atomic E-state index is 0.135. The van der Waals surface area contributed by atoms with Gasteiger partial charge in [-0.3, -0.25) is 0 Å². The molecule has 0 aromatic carbocycles. The molecule has 18 heavy (non-hydrogen) atoms. The predicted molar refractivity (Wildman–Crippen MR) is 67.9 cm³/mol. The lowest BCUT2D eigenvalue weighted by Gasteiger charge is -1.92. The molecule has 0 aromatic rings. The van der Waals surface area contributed by atoms with Gasteiger partial charge in [0.1, 0.15) is 0 Å². The summed E-state index contributed by atoms with van der Waals surface area (Å²) in [5, 5.41) is 18.1. The molecular weight excluding hydrogens is 232 g/mol. The van der Waals surface area contributed by atoms with Crippen LogP contribution in [0.2, 0.25) is 0 Å². The van der Waals surface area contributed by atoms with Crippen LogP contribution in [0.4, 0.5) is 0 Å². The van der Waals surface area contributed by atoms with Gasteiger partial charge in [0.15, 0.2) is 4.98 Å². The third kappa shape index (κ3) is 6.55. The summed E-state index contributed by atoms with van der Waals surface area (Å²) in [5.41, 5.74) is -0.557. The molecule has 0 unspecified atom stereocenters. The second kappa shape index (κ2) is 10.2. The average Bonchev–Trinajstić information content (AvgIpc) is 2.35. The maximum Gasteiger partial charge on any atom is 0.518 e. The Balaban J connectivity index is 4.41. The van der Waals surface area contributed by atoms with Crippen LogP contribution >= 0.6 is 0 Å². The van der Waals surface area contributed by atoms with Crippen LogP contribution in [0.5, 0.6) is 0 Å². The van der Waals surface area contributed by atoms with Crippen LogP contribution in [0.25, 0.3) is 4.98 Å². The van der Waals surface area contributed by atoms with Crippen molar-refractivity contribution < 1.29 is 14.6 Å². The van der Waals surface area contributed by atoms with Crippen LogP contribution in [0.3, 0.4) is 0 Å². The minimum Gasteiger partial charge on any atom is -0.495 e. The van der Waals surface area contributed by atoms with E-state index in [-0.39, 0.29) is 6.61 Å². The van der Waals surface area contributed by atoms with E-state index < -0.39 is 17.4 Å². The van der Waals surface area contributed by atoms with Crippen LogP contribution in [0.15, 0.2) is 11.5 Å². The van der Waals surface area contributed by atoms with E-state index in [0.717, 1.165) is 25.7 Å². The first-order valence-electron chi connectivity index (χ1n) is 6.11. The van der Waals surface area contributed by atoms with E-state index in [0.29, 0.717) is 6.42 Å². The predicted octanol–water partition coefficient (Wildman–Crippen LogP) is 3.15. The molecule has 0 aliphatic rings. The number of allylic oxidation sites excluding steroid dienone is 1.